The second kappa shape index (κ2) is 8.69. The van der Waals surface area contributed by atoms with Crippen molar-refractivity contribution in [1.29, 1.82) is 0 Å². The van der Waals surface area contributed by atoms with Gasteiger partial charge in [0, 0.05) is 36.7 Å². The van der Waals surface area contributed by atoms with E-state index in [-0.39, 0.29) is 23.8 Å². The van der Waals surface area contributed by atoms with Crippen LogP contribution in [0, 0.1) is 10.1 Å². The van der Waals surface area contributed by atoms with Crippen molar-refractivity contribution in [2.24, 2.45) is 0 Å². The summed E-state index contributed by atoms with van der Waals surface area (Å²) >= 11 is 1.42. The minimum absolute atomic E-state index is 0.0674. The average Bonchev–Trinajstić information content (AvgIpc) is 3.09. The van der Waals surface area contributed by atoms with Gasteiger partial charge in [0.1, 0.15) is 11.1 Å². The van der Waals surface area contributed by atoms with Crippen molar-refractivity contribution in [1.82, 2.24) is 9.88 Å². The van der Waals surface area contributed by atoms with Crippen molar-refractivity contribution in [2.75, 3.05) is 13.7 Å². The molecule has 0 saturated heterocycles. The van der Waals surface area contributed by atoms with E-state index in [0.717, 1.165) is 23.2 Å². The van der Waals surface area contributed by atoms with Gasteiger partial charge in [-0.05, 0) is 19.9 Å². The normalized spacial score (nSPS) is 11.8. The van der Waals surface area contributed by atoms with Gasteiger partial charge in [-0.15, -0.1) is 11.3 Å². The number of amides is 1. The summed E-state index contributed by atoms with van der Waals surface area (Å²) < 4.78 is 5.48. The summed E-state index contributed by atoms with van der Waals surface area (Å²) in [5.74, 6) is -1.88. The molecule has 1 amide bonds. The first-order chi connectivity index (χ1) is 12.7. The van der Waals surface area contributed by atoms with Crippen molar-refractivity contribution in [2.45, 2.75) is 26.5 Å². The third kappa shape index (κ3) is 5.08. The number of carbonyl (C=O) groups is 2. The Bertz CT molecular complexity index is 834. The van der Waals surface area contributed by atoms with Crippen LogP contribution in [-0.2, 0) is 11.3 Å². The zero-order valence-corrected chi connectivity index (χ0v) is 15.9. The number of hydrogen-bond acceptors (Lipinski definition) is 7. The molecule has 2 rings (SSSR count). The Labute approximate surface area is 159 Å². The maximum Gasteiger partial charge on any atom is 0.335 e. The minimum Gasteiger partial charge on any atom is -0.478 e. The molecule has 0 aliphatic rings. The summed E-state index contributed by atoms with van der Waals surface area (Å²) in [4.78, 5) is 39.8. The number of nitro benzene ring substituents is 1. The predicted octanol–water partition coefficient (Wildman–Crippen LogP) is 3.12. The minimum atomic E-state index is -1.34. The summed E-state index contributed by atoms with van der Waals surface area (Å²) in [7, 11) is 1.52. The molecular formula is C17H19N3O6S. The Balaban J connectivity index is 2.20. The van der Waals surface area contributed by atoms with Crippen LogP contribution in [0.1, 0.15) is 51.4 Å². The Morgan fingerprint density at radius 2 is 2.04 bits per heavy atom. The van der Waals surface area contributed by atoms with Gasteiger partial charge in [-0.1, -0.05) is 0 Å². The zero-order chi connectivity index (χ0) is 20.1. The Kier molecular flexibility index (Phi) is 6.59. The molecule has 1 N–H and O–H groups in total. The summed E-state index contributed by atoms with van der Waals surface area (Å²) in [5.41, 5.74) is -0.181. The van der Waals surface area contributed by atoms with E-state index >= 15 is 0 Å². The van der Waals surface area contributed by atoms with E-state index in [1.807, 2.05) is 19.2 Å². The maximum atomic E-state index is 12.6. The van der Waals surface area contributed by atoms with E-state index in [1.54, 1.807) is 0 Å². The average molecular weight is 393 g/mol. The van der Waals surface area contributed by atoms with E-state index in [9.17, 15) is 19.7 Å². The highest BCUT2D eigenvalue weighted by molar-refractivity contribution is 7.09. The molecule has 0 fully saturated rings. The molecule has 0 radical (unpaired) electrons. The van der Waals surface area contributed by atoms with Gasteiger partial charge in [0.05, 0.1) is 22.7 Å². The van der Waals surface area contributed by atoms with Gasteiger partial charge in [0.15, 0.2) is 0 Å². The largest absolute Gasteiger partial charge is 0.478 e. The van der Waals surface area contributed by atoms with Crippen molar-refractivity contribution in [3.63, 3.8) is 0 Å². The number of nitro groups is 1. The van der Waals surface area contributed by atoms with Crippen LogP contribution in [0.4, 0.5) is 5.69 Å². The fourth-order valence-corrected chi connectivity index (χ4v) is 3.22. The molecule has 0 aliphatic carbocycles. The number of ether oxygens (including phenoxy) is 1. The van der Waals surface area contributed by atoms with Crippen LogP contribution in [0.15, 0.2) is 23.6 Å². The first-order valence-electron chi connectivity index (χ1n) is 8.07. The van der Waals surface area contributed by atoms with Gasteiger partial charge in [0.25, 0.3) is 11.6 Å². The van der Waals surface area contributed by atoms with Gasteiger partial charge in [-0.25, -0.2) is 9.78 Å². The lowest BCUT2D eigenvalue weighted by Crippen LogP contribution is -2.26. The summed E-state index contributed by atoms with van der Waals surface area (Å²) in [6.07, 6.45) is -0.148. The van der Waals surface area contributed by atoms with Gasteiger partial charge in [-0.2, -0.15) is 0 Å². The Morgan fingerprint density at radius 3 is 2.63 bits per heavy atom. The first-order valence-corrected chi connectivity index (χ1v) is 8.95. The van der Waals surface area contributed by atoms with Crippen LogP contribution in [0.5, 0.6) is 0 Å². The molecule has 1 aromatic carbocycles. The van der Waals surface area contributed by atoms with Gasteiger partial charge >= 0.3 is 5.97 Å². The fraction of sp³-hybridized carbons (Fsp3) is 0.353. The molecular weight excluding hydrogens is 374 g/mol. The smallest absolute Gasteiger partial charge is 0.335 e. The number of hydrogen-bond donors (Lipinski definition) is 1. The highest BCUT2D eigenvalue weighted by Gasteiger charge is 2.21. The van der Waals surface area contributed by atoms with Crippen LogP contribution in [0.3, 0.4) is 0 Å². The molecule has 0 saturated carbocycles. The molecule has 1 heterocycles. The number of carboxylic acid groups (broad SMARTS) is 1. The highest BCUT2D eigenvalue weighted by Crippen LogP contribution is 2.23. The number of carboxylic acids is 1. The number of aromatic carboxylic acids is 1. The lowest BCUT2D eigenvalue weighted by molar-refractivity contribution is -0.384. The third-order valence-electron chi connectivity index (χ3n) is 3.70. The van der Waals surface area contributed by atoms with E-state index in [2.05, 4.69) is 4.98 Å². The lowest BCUT2D eigenvalue weighted by Gasteiger charge is -2.16. The molecule has 10 heteroatoms. The Morgan fingerprint density at radius 1 is 1.37 bits per heavy atom. The number of thiazole rings is 1. The second-order valence-electron chi connectivity index (χ2n) is 5.77. The maximum absolute atomic E-state index is 12.6. The molecule has 0 spiro atoms. The molecule has 0 bridgehead atoms. The van der Waals surface area contributed by atoms with Crippen LogP contribution in [0.25, 0.3) is 0 Å². The third-order valence-corrected chi connectivity index (χ3v) is 4.76. The summed E-state index contributed by atoms with van der Waals surface area (Å²) in [6, 6.07) is 3.10. The lowest BCUT2D eigenvalue weighted by atomic mass is 10.1. The van der Waals surface area contributed by atoms with E-state index < -0.39 is 22.5 Å². The van der Waals surface area contributed by atoms with Crippen molar-refractivity contribution >= 4 is 28.9 Å². The molecule has 1 unspecified atom stereocenters. The molecule has 2 aromatic rings. The monoisotopic (exact) mass is 393 g/mol. The summed E-state index contributed by atoms with van der Waals surface area (Å²) in [5, 5.41) is 22.7. The van der Waals surface area contributed by atoms with E-state index in [1.165, 1.54) is 23.3 Å². The topological polar surface area (TPSA) is 123 Å². The number of non-ortho nitro benzene ring substituents is 1. The predicted molar refractivity (Wildman–Crippen MR) is 98.0 cm³/mol. The van der Waals surface area contributed by atoms with Crippen molar-refractivity contribution < 1.29 is 24.4 Å². The molecule has 9 nitrogen and oxygen atoms in total. The van der Waals surface area contributed by atoms with E-state index in [0.29, 0.717) is 12.3 Å². The summed E-state index contributed by atoms with van der Waals surface area (Å²) in [6.45, 7) is 4.52. The van der Waals surface area contributed by atoms with Crippen LogP contribution in [0.2, 0.25) is 0 Å². The molecule has 0 aliphatic heterocycles. The van der Waals surface area contributed by atoms with E-state index in [4.69, 9.17) is 9.84 Å². The fourth-order valence-electron chi connectivity index (χ4n) is 2.40. The molecule has 1 aromatic heterocycles. The molecule has 1 atom stereocenters. The van der Waals surface area contributed by atoms with Crippen LogP contribution in [-0.4, -0.2) is 45.4 Å². The zero-order valence-electron chi connectivity index (χ0n) is 15.0. The quantitative estimate of drug-likeness (QED) is 0.540. The van der Waals surface area contributed by atoms with Crippen molar-refractivity contribution in [3.8, 4) is 0 Å². The molecule has 27 heavy (non-hydrogen) atoms. The van der Waals surface area contributed by atoms with Gasteiger partial charge in [-0.3, -0.25) is 14.9 Å². The number of aromatic nitrogens is 1. The Hall–Kier alpha value is -2.85. The SMILES string of the molecule is CCOC(C)c1nc(CN(C)C(=O)c2cc(C(=O)O)cc([N+](=O)[O-])c2)cs1. The van der Waals surface area contributed by atoms with Gasteiger partial charge in [0.2, 0.25) is 0 Å². The van der Waals surface area contributed by atoms with Crippen LogP contribution < -0.4 is 0 Å². The van der Waals surface area contributed by atoms with Crippen LogP contribution >= 0.6 is 11.3 Å². The van der Waals surface area contributed by atoms with Gasteiger partial charge < -0.3 is 14.7 Å². The highest BCUT2D eigenvalue weighted by atomic mass is 32.1. The first kappa shape index (κ1) is 20.5. The standard InChI is InChI=1S/C17H19N3O6S/c1-4-26-10(2)15-18-13(9-27-15)8-19(3)16(21)11-5-12(17(22)23)7-14(6-11)20(24)25/h5-7,9-10H,4,8H2,1-3H3,(H,22,23). The number of nitrogens with zero attached hydrogens (tertiary/aromatic N) is 3. The van der Waals surface area contributed by atoms with Crippen molar-refractivity contribution in [3.05, 3.63) is 55.5 Å². The second-order valence-corrected chi connectivity index (χ2v) is 6.66. The number of carbonyl (C=O) groups excluding carboxylic acids is 1. The number of rotatable bonds is 8. The number of benzene rings is 1. The molecule has 144 valence electrons.